The van der Waals surface area contributed by atoms with Crippen molar-refractivity contribution in [3.05, 3.63) is 57.0 Å². The Morgan fingerprint density at radius 1 is 0.821 bits per heavy atom. The third-order valence-electron chi connectivity index (χ3n) is 9.65. The van der Waals surface area contributed by atoms with E-state index in [4.69, 9.17) is 6.42 Å². The van der Waals surface area contributed by atoms with Crippen LogP contribution in [-0.4, -0.2) is 32.5 Å². The molecule has 2 aromatic rings. The van der Waals surface area contributed by atoms with E-state index in [-0.39, 0.29) is 11.0 Å². The van der Waals surface area contributed by atoms with E-state index in [0.29, 0.717) is 12.1 Å². The standard InChI is InChI=1S/C18H20BrN3.C14H15BrN2/c1-4-17(2,3)22-15-5-6-16(22)9-18(8-15,12-20)13-7-14(19)11-21-10-13;15-13-4-12(7-17-8-13)14(9-16)5-10-1-2-11(3-10)6-14/h1,7,10-11,15-16H,5-6,8-9H2,2-3H3;4,7-8,10-11H,1-3,5-6H2/t15-,16+,18?;10-,11+,14?. The number of pyridine rings is 2. The van der Waals surface area contributed by atoms with Gasteiger partial charge in [-0.05, 0) is 126 Å². The van der Waals surface area contributed by atoms with Crippen LogP contribution in [-0.2, 0) is 10.8 Å². The smallest absolute Gasteiger partial charge is 0.0867 e. The van der Waals surface area contributed by atoms with Crippen molar-refractivity contribution in [2.24, 2.45) is 11.8 Å². The Bertz CT molecular complexity index is 1320. The summed E-state index contributed by atoms with van der Waals surface area (Å²) in [7, 11) is 0. The van der Waals surface area contributed by atoms with Gasteiger partial charge in [0, 0.05) is 45.8 Å². The Morgan fingerprint density at radius 2 is 1.28 bits per heavy atom. The Balaban J connectivity index is 0.000000163. The number of halogens is 2. The van der Waals surface area contributed by atoms with E-state index in [1.54, 1.807) is 12.4 Å². The number of fused-ring (bicyclic) bond motifs is 4. The van der Waals surface area contributed by atoms with Crippen LogP contribution in [0.4, 0.5) is 0 Å². The lowest BCUT2D eigenvalue weighted by Crippen LogP contribution is -2.57. The largest absolute Gasteiger partial charge is 0.282 e. The average Bonchev–Trinajstić information content (AvgIpc) is 3.44. The molecular weight excluding hydrogens is 614 g/mol. The van der Waals surface area contributed by atoms with Crippen molar-refractivity contribution in [3.63, 3.8) is 0 Å². The third-order valence-corrected chi connectivity index (χ3v) is 10.5. The molecule has 2 unspecified atom stereocenters. The Labute approximate surface area is 249 Å². The number of rotatable bonds is 3. The van der Waals surface area contributed by atoms with Crippen LogP contribution in [0.2, 0.25) is 0 Å². The minimum Gasteiger partial charge on any atom is -0.282 e. The van der Waals surface area contributed by atoms with Crippen molar-refractivity contribution >= 4 is 31.9 Å². The van der Waals surface area contributed by atoms with Gasteiger partial charge in [-0.15, -0.1) is 6.42 Å². The molecule has 2 aliphatic heterocycles. The Kier molecular flexibility index (Phi) is 7.96. The summed E-state index contributed by atoms with van der Waals surface area (Å²) in [5.41, 5.74) is 1.17. The molecule has 6 rings (SSSR count). The highest BCUT2D eigenvalue weighted by Crippen LogP contribution is 2.52. The second-order valence-electron chi connectivity index (χ2n) is 12.5. The predicted molar refractivity (Wildman–Crippen MR) is 159 cm³/mol. The molecule has 0 spiro atoms. The fraction of sp³-hybridized carbons (Fsp3) is 0.562. The molecule has 202 valence electrons. The summed E-state index contributed by atoms with van der Waals surface area (Å²) in [6.07, 6.45) is 23.0. The van der Waals surface area contributed by atoms with E-state index in [0.717, 1.165) is 70.4 Å². The summed E-state index contributed by atoms with van der Waals surface area (Å²) in [5.74, 6) is 4.44. The molecule has 2 aromatic heterocycles. The number of nitrogens with zero attached hydrogens (tertiary/aromatic N) is 5. The third kappa shape index (κ3) is 5.41. The maximum Gasteiger partial charge on any atom is 0.0867 e. The van der Waals surface area contributed by atoms with Crippen LogP contribution in [0, 0.1) is 46.8 Å². The highest BCUT2D eigenvalue weighted by molar-refractivity contribution is 9.10. The molecule has 5 nitrogen and oxygen atoms in total. The Morgan fingerprint density at radius 3 is 1.69 bits per heavy atom. The zero-order valence-electron chi connectivity index (χ0n) is 22.7. The molecular formula is C32H35Br2N5. The normalized spacial score (nSPS) is 33.3. The van der Waals surface area contributed by atoms with Crippen molar-refractivity contribution in [2.75, 3.05) is 0 Å². The highest BCUT2D eigenvalue weighted by Gasteiger charge is 2.53. The van der Waals surface area contributed by atoms with E-state index in [9.17, 15) is 10.5 Å². The maximum absolute atomic E-state index is 9.94. The maximum atomic E-state index is 9.94. The monoisotopic (exact) mass is 647 g/mol. The summed E-state index contributed by atoms with van der Waals surface area (Å²) >= 11 is 6.93. The number of hydrogen-bond donors (Lipinski definition) is 0. The SMILES string of the molecule is C#CC(C)(C)N1[C@@H]2CC[C@H]1CC(C#N)(c1cncc(Br)c1)C2.N#CC1(c2cncc(Br)c2)C[C@@H]2CC[C@@H](C2)C1. The van der Waals surface area contributed by atoms with Gasteiger partial charge in [0.25, 0.3) is 0 Å². The predicted octanol–water partition coefficient (Wildman–Crippen LogP) is 7.46. The van der Waals surface area contributed by atoms with Crippen molar-refractivity contribution in [2.45, 2.75) is 100 Å². The van der Waals surface area contributed by atoms with Crippen LogP contribution in [0.3, 0.4) is 0 Å². The van der Waals surface area contributed by atoms with Gasteiger partial charge in [0.2, 0.25) is 0 Å². The molecule has 4 aliphatic rings. The molecule has 0 aromatic carbocycles. The van der Waals surface area contributed by atoms with E-state index in [1.165, 1.54) is 19.3 Å². The van der Waals surface area contributed by atoms with Crippen LogP contribution in [0.25, 0.3) is 0 Å². The molecule has 2 saturated heterocycles. The molecule has 2 saturated carbocycles. The van der Waals surface area contributed by atoms with Crippen LogP contribution < -0.4 is 0 Å². The molecule has 6 atom stereocenters. The van der Waals surface area contributed by atoms with E-state index >= 15 is 0 Å². The van der Waals surface area contributed by atoms with Gasteiger partial charge in [0.05, 0.1) is 28.5 Å². The second kappa shape index (κ2) is 11.0. The fourth-order valence-corrected chi connectivity index (χ4v) is 8.72. The average molecular weight is 649 g/mol. The second-order valence-corrected chi connectivity index (χ2v) is 14.4. The van der Waals surface area contributed by atoms with Crippen LogP contribution in [0.5, 0.6) is 0 Å². The summed E-state index contributed by atoms with van der Waals surface area (Å²) < 4.78 is 1.90. The molecule has 2 aliphatic carbocycles. The highest BCUT2D eigenvalue weighted by atomic mass is 79.9. The zero-order valence-corrected chi connectivity index (χ0v) is 25.9. The van der Waals surface area contributed by atoms with Gasteiger partial charge >= 0.3 is 0 Å². The Hall–Kier alpha value is -2.24. The minimum absolute atomic E-state index is 0.247. The van der Waals surface area contributed by atoms with Crippen LogP contribution >= 0.6 is 31.9 Å². The fourth-order valence-electron chi connectivity index (χ4n) is 7.99. The summed E-state index contributed by atoms with van der Waals surface area (Å²) in [5, 5.41) is 19.6. The van der Waals surface area contributed by atoms with E-state index < -0.39 is 5.41 Å². The van der Waals surface area contributed by atoms with Crippen LogP contribution in [0.15, 0.2) is 45.9 Å². The van der Waals surface area contributed by atoms with Crippen molar-refractivity contribution < 1.29 is 0 Å². The summed E-state index contributed by atoms with van der Waals surface area (Å²) in [6, 6.07) is 10.1. The molecule has 4 fully saturated rings. The van der Waals surface area contributed by atoms with Gasteiger partial charge in [-0.25, -0.2) is 0 Å². The van der Waals surface area contributed by atoms with Gasteiger partial charge in [0.15, 0.2) is 0 Å². The lowest BCUT2D eigenvalue weighted by molar-refractivity contribution is 0.0429. The summed E-state index contributed by atoms with van der Waals surface area (Å²) in [4.78, 5) is 11.0. The zero-order chi connectivity index (χ0) is 27.8. The summed E-state index contributed by atoms with van der Waals surface area (Å²) in [6.45, 7) is 4.22. The molecule has 0 N–H and O–H groups in total. The van der Waals surface area contributed by atoms with Crippen LogP contribution in [0.1, 0.15) is 82.8 Å². The van der Waals surface area contributed by atoms with Crippen molar-refractivity contribution in [3.8, 4) is 24.5 Å². The number of terminal acetylenes is 1. The van der Waals surface area contributed by atoms with Gasteiger partial charge in [-0.3, -0.25) is 14.9 Å². The van der Waals surface area contributed by atoms with E-state index in [2.05, 4.69) is 84.7 Å². The topological polar surface area (TPSA) is 76.6 Å². The lowest BCUT2D eigenvalue weighted by atomic mass is 9.66. The molecule has 0 amide bonds. The first-order valence-corrected chi connectivity index (χ1v) is 15.5. The molecule has 4 heterocycles. The van der Waals surface area contributed by atoms with Crippen molar-refractivity contribution in [1.29, 1.82) is 10.5 Å². The number of aromatic nitrogens is 2. The first kappa shape index (κ1) is 28.3. The number of piperidine rings is 1. The van der Waals surface area contributed by atoms with Gasteiger partial charge < -0.3 is 0 Å². The van der Waals surface area contributed by atoms with Gasteiger partial charge in [0.1, 0.15) is 0 Å². The number of nitriles is 2. The van der Waals surface area contributed by atoms with Gasteiger partial charge in [-0.1, -0.05) is 18.8 Å². The minimum atomic E-state index is -0.441. The van der Waals surface area contributed by atoms with E-state index in [1.807, 2.05) is 18.5 Å². The molecule has 0 radical (unpaired) electrons. The molecule has 4 bridgehead atoms. The number of hydrogen-bond acceptors (Lipinski definition) is 5. The molecule has 7 heteroatoms. The first-order valence-electron chi connectivity index (χ1n) is 13.9. The van der Waals surface area contributed by atoms with Gasteiger partial charge in [-0.2, -0.15) is 10.5 Å². The lowest BCUT2D eigenvalue weighted by Gasteiger charge is -2.48. The quantitative estimate of drug-likeness (QED) is 0.323. The van der Waals surface area contributed by atoms with Crippen molar-refractivity contribution in [1.82, 2.24) is 14.9 Å². The molecule has 39 heavy (non-hydrogen) atoms. The first-order chi connectivity index (χ1) is 18.6.